The predicted octanol–water partition coefficient (Wildman–Crippen LogP) is 2.47. The average molecular weight is 205 g/mol. The van der Waals surface area contributed by atoms with E-state index in [-0.39, 0.29) is 0 Å². The molecule has 1 rings (SSSR count). The fraction of sp³-hybridized carbons (Fsp3) is 0.250. The van der Waals surface area contributed by atoms with Crippen molar-refractivity contribution in [2.24, 2.45) is 0 Å². The minimum absolute atomic E-state index is 0.324. The molecule has 0 spiro atoms. The highest BCUT2D eigenvalue weighted by atomic mass is 28.1. The highest BCUT2D eigenvalue weighted by molar-refractivity contribution is 6.12. The number of hydrogen-bond donors (Lipinski definition) is 0. The second-order valence-electron chi connectivity index (χ2n) is 2.60. The molecule has 3 radical (unpaired) electrons. The van der Waals surface area contributed by atoms with Gasteiger partial charge in [-0.3, -0.25) is 0 Å². The number of hydrogen-bond acceptors (Lipinski definition) is 0. The highest BCUT2D eigenvalue weighted by Gasteiger charge is 2.20. The van der Waals surface area contributed by atoms with Crippen molar-refractivity contribution < 1.29 is 17.6 Å². The van der Waals surface area contributed by atoms with E-state index in [1.165, 1.54) is 6.92 Å². The van der Waals surface area contributed by atoms with Gasteiger partial charge < -0.3 is 0 Å². The number of rotatable bonds is 1. The van der Waals surface area contributed by atoms with Crippen LogP contribution in [0.4, 0.5) is 17.6 Å². The first kappa shape index (κ1) is 10.2. The Kier molecular flexibility index (Phi) is 2.75. The summed E-state index contributed by atoms with van der Waals surface area (Å²) in [6.07, 6.45) is 0. The van der Waals surface area contributed by atoms with Gasteiger partial charge in [0, 0.05) is 21.9 Å². The van der Waals surface area contributed by atoms with Crippen molar-refractivity contribution >= 4 is 10.2 Å². The number of halogens is 4. The summed E-state index contributed by atoms with van der Waals surface area (Å²) in [6, 6.07) is 0.324. The zero-order valence-corrected chi connectivity index (χ0v) is 7.67. The van der Waals surface area contributed by atoms with Crippen molar-refractivity contribution in [3.63, 3.8) is 0 Å². The second-order valence-corrected chi connectivity index (χ2v) is 3.47. The Hall–Kier alpha value is -0.843. The van der Waals surface area contributed by atoms with E-state index < -0.39 is 34.4 Å². The van der Waals surface area contributed by atoms with Crippen molar-refractivity contribution in [3.8, 4) is 0 Å². The van der Waals surface area contributed by atoms with E-state index in [9.17, 15) is 17.6 Å². The topological polar surface area (TPSA) is 0 Å². The molecule has 0 heterocycles. The maximum atomic E-state index is 12.9. The fourth-order valence-corrected chi connectivity index (χ4v) is 1.24. The maximum Gasteiger partial charge on any atom is 0.194 e. The smallest absolute Gasteiger partial charge is 0.194 e. The molecular weight excluding hydrogens is 200 g/mol. The standard InChI is InChI=1S/C8H5F4Si/c1-3(13)6-4(9)2-5(10)7(11)8(6)12/h2-3H,1H3. The Morgan fingerprint density at radius 3 is 2.08 bits per heavy atom. The van der Waals surface area contributed by atoms with Crippen LogP contribution in [0.2, 0.25) is 0 Å². The van der Waals surface area contributed by atoms with E-state index in [2.05, 4.69) is 10.2 Å². The Bertz CT molecular complexity index is 335. The zero-order chi connectivity index (χ0) is 10.2. The molecule has 5 heteroatoms. The van der Waals surface area contributed by atoms with Gasteiger partial charge in [-0.05, 0) is 5.54 Å². The third-order valence-electron chi connectivity index (χ3n) is 1.58. The molecule has 0 amide bonds. The van der Waals surface area contributed by atoms with Gasteiger partial charge in [0.1, 0.15) is 5.82 Å². The largest absolute Gasteiger partial charge is 0.206 e. The van der Waals surface area contributed by atoms with Crippen molar-refractivity contribution in [2.75, 3.05) is 0 Å². The highest BCUT2D eigenvalue weighted by Crippen LogP contribution is 2.23. The molecule has 0 aliphatic heterocycles. The summed E-state index contributed by atoms with van der Waals surface area (Å²) in [4.78, 5) is 0. The fourth-order valence-electron chi connectivity index (χ4n) is 0.977. The summed E-state index contributed by atoms with van der Waals surface area (Å²) in [5, 5.41) is 0. The van der Waals surface area contributed by atoms with Gasteiger partial charge in [0.25, 0.3) is 0 Å². The van der Waals surface area contributed by atoms with Crippen molar-refractivity contribution in [1.82, 2.24) is 0 Å². The molecule has 1 atom stereocenters. The molecule has 0 saturated carbocycles. The van der Waals surface area contributed by atoms with Crippen LogP contribution in [0, 0.1) is 23.3 Å². The van der Waals surface area contributed by atoms with Crippen LogP contribution in [0.25, 0.3) is 0 Å². The van der Waals surface area contributed by atoms with E-state index in [1.54, 1.807) is 0 Å². The van der Waals surface area contributed by atoms with E-state index in [4.69, 9.17) is 0 Å². The Morgan fingerprint density at radius 1 is 1.08 bits per heavy atom. The third kappa shape index (κ3) is 1.74. The van der Waals surface area contributed by atoms with Crippen LogP contribution in [-0.2, 0) is 0 Å². The molecule has 0 aliphatic carbocycles. The van der Waals surface area contributed by atoms with Crippen LogP contribution < -0.4 is 0 Å². The minimum atomic E-state index is -1.65. The first-order chi connectivity index (χ1) is 5.95. The van der Waals surface area contributed by atoms with Crippen LogP contribution in [0.5, 0.6) is 0 Å². The summed E-state index contributed by atoms with van der Waals surface area (Å²) < 4.78 is 50.8. The van der Waals surface area contributed by atoms with E-state index in [0.717, 1.165) is 0 Å². The summed E-state index contributed by atoms with van der Waals surface area (Å²) in [7, 11) is 2.92. The molecule has 1 aromatic carbocycles. The van der Waals surface area contributed by atoms with Crippen molar-refractivity contribution in [1.29, 1.82) is 0 Å². The molecule has 13 heavy (non-hydrogen) atoms. The Morgan fingerprint density at radius 2 is 1.62 bits per heavy atom. The molecule has 0 nitrogen and oxygen atoms in total. The van der Waals surface area contributed by atoms with E-state index in [0.29, 0.717) is 6.07 Å². The van der Waals surface area contributed by atoms with Crippen LogP contribution >= 0.6 is 0 Å². The lowest BCUT2D eigenvalue weighted by molar-refractivity contribution is 0.425. The van der Waals surface area contributed by atoms with Gasteiger partial charge in [-0.25, -0.2) is 17.6 Å². The molecule has 0 saturated heterocycles. The molecule has 0 fully saturated rings. The zero-order valence-electron chi connectivity index (χ0n) is 6.67. The maximum absolute atomic E-state index is 12.9. The minimum Gasteiger partial charge on any atom is -0.206 e. The molecule has 0 N–H and O–H groups in total. The molecule has 1 unspecified atom stereocenters. The third-order valence-corrected chi connectivity index (χ3v) is 1.87. The van der Waals surface area contributed by atoms with Gasteiger partial charge in [0.2, 0.25) is 0 Å². The first-order valence-electron chi connectivity index (χ1n) is 3.49. The molecule has 0 bridgehead atoms. The SMILES string of the molecule is CC([Si])c1c(F)cc(F)c(F)c1F. The monoisotopic (exact) mass is 205 g/mol. The summed E-state index contributed by atoms with van der Waals surface area (Å²) in [5.41, 5.74) is -1.22. The summed E-state index contributed by atoms with van der Waals surface area (Å²) in [5.74, 6) is -5.76. The quantitative estimate of drug-likeness (QED) is 0.286. The van der Waals surface area contributed by atoms with Crippen LogP contribution in [-0.4, -0.2) is 10.2 Å². The van der Waals surface area contributed by atoms with Gasteiger partial charge in [0.15, 0.2) is 17.5 Å². The van der Waals surface area contributed by atoms with Crippen LogP contribution in [0.3, 0.4) is 0 Å². The second kappa shape index (κ2) is 3.49. The van der Waals surface area contributed by atoms with E-state index in [1.807, 2.05) is 0 Å². The Labute approximate surface area is 76.0 Å². The summed E-state index contributed by atoms with van der Waals surface area (Å²) in [6.45, 7) is 1.41. The van der Waals surface area contributed by atoms with Crippen LogP contribution in [0.1, 0.15) is 18.0 Å². The van der Waals surface area contributed by atoms with Gasteiger partial charge in [-0.1, -0.05) is 6.92 Å². The lowest BCUT2D eigenvalue weighted by Crippen LogP contribution is -2.05. The first-order valence-corrected chi connectivity index (χ1v) is 4.07. The average Bonchev–Trinajstić information content (AvgIpc) is 1.99. The van der Waals surface area contributed by atoms with Gasteiger partial charge in [0.05, 0.1) is 0 Å². The van der Waals surface area contributed by atoms with E-state index >= 15 is 0 Å². The van der Waals surface area contributed by atoms with Gasteiger partial charge in [-0.15, -0.1) is 0 Å². The molecule has 1 aromatic rings. The summed E-state index contributed by atoms with van der Waals surface area (Å²) >= 11 is 0. The van der Waals surface area contributed by atoms with Crippen molar-refractivity contribution in [3.05, 3.63) is 34.9 Å². The number of benzene rings is 1. The molecule has 0 aromatic heterocycles. The Balaban J connectivity index is 3.44. The molecule has 0 aliphatic rings. The molecular formula is C8H5F4Si. The lowest BCUT2D eigenvalue weighted by atomic mass is 10.1. The predicted molar refractivity (Wildman–Crippen MR) is 40.4 cm³/mol. The lowest BCUT2D eigenvalue weighted by Gasteiger charge is -2.08. The van der Waals surface area contributed by atoms with Crippen LogP contribution in [0.15, 0.2) is 6.07 Å². The molecule has 69 valence electrons. The normalized spacial score (nSPS) is 13.1. The van der Waals surface area contributed by atoms with Crippen molar-refractivity contribution in [2.45, 2.75) is 12.5 Å². The van der Waals surface area contributed by atoms with Gasteiger partial charge >= 0.3 is 0 Å². The van der Waals surface area contributed by atoms with Gasteiger partial charge in [-0.2, -0.15) is 0 Å².